The molecule has 3 heterocycles. The molecule has 0 spiro atoms. The van der Waals surface area contributed by atoms with Crippen molar-refractivity contribution in [3.8, 4) is 0 Å². The van der Waals surface area contributed by atoms with E-state index in [0.717, 1.165) is 5.69 Å². The molecule has 0 aliphatic carbocycles. The maximum absolute atomic E-state index is 13.3. The van der Waals surface area contributed by atoms with Crippen LogP contribution in [0.1, 0.15) is 35.8 Å². The monoisotopic (exact) mass is 370 g/mol. The number of amides is 3. The van der Waals surface area contributed by atoms with Gasteiger partial charge in [0.1, 0.15) is 0 Å². The number of aromatic nitrogens is 1. The van der Waals surface area contributed by atoms with Crippen LogP contribution in [0.3, 0.4) is 0 Å². The fourth-order valence-corrected chi connectivity index (χ4v) is 4.50. The molecule has 0 saturated carbocycles. The van der Waals surface area contributed by atoms with Crippen molar-refractivity contribution in [2.75, 3.05) is 16.8 Å². The van der Waals surface area contributed by atoms with Gasteiger partial charge in [0.05, 0.1) is 16.9 Å². The Morgan fingerprint density at radius 2 is 2.12 bits per heavy atom. The van der Waals surface area contributed by atoms with E-state index in [0.29, 0.717) is 22.9 Å². The zero-order chi connectivity index (χ0) is 18.5. The molecule has 1 atom stereocenters. The number of carbonyl (C=O) groups is 3. The van der Waals surface area contributed by atoms with Gasteiger partial charge < -0.3 is 4.90 Å². The number of benzene rings is 1. The van der Waals surface area contributed by atoms with Crippen molar-refractivity contribution >= 4 is 39.9 Å². The number of carbonyl (C=O) groups excluding carboxylic acids is 3. The highest BCUT2D eigenvalue weighted by molar-refractivity contribution is 7.13. The van der Waals surface area contributed by atoms with Gasteiger partial charge in [-0.15, -0.1) is 11.3 Å². The van der Waals surface area contributed by atoms with Gasteiger partial charge in [0.2, 0.25) is 11.6 Å². The van der Waals surface area contributed by atoms with Crippen molar-refractivity contribution in [1.82, 2.24) is 9.88 Å². The van der Waals surface area contributed by atoms with E-state index in [9.17, 15) is 14.4 Å². The van der Waals surface area contributed by atoms with Crippen LogP contribution < -0.4 is 10.2 Å². The van der Waals surface area contributed by atoms with Crippen LogP contribution in [0.2, 0.25) is 0 Å². The first-order valence-electron chi connectivity index (χ1n) is 8.46. The molecule has 8 heteroatoms. The van der Waals surface area contributed by atoms with Gasteiger partial charge in [-0.2, -0.15) is 0 Å². The van der Waals surface area contributed by atoms with Gasteiger partial charge in [0.25, 0.3) is 11.8 Å². The molecule has 0 bridgehead atoms. The first-order valence-corrected chi connectivity index (χ1v) is 9.34. The second kappa shape index (κ2) is 5.91. The van der Waals surface area contributed by atoms with Crippen LogP contribution in [0.15, 0.2) is 29.6 Å². The van der Waals surface area contributed by atoms with Crippen LogP contribution in [-0.2, 0) is 9.59 Å². The molecule has 2 aliphatic heterocycles. The predicted octanol–water partition coefficient (Wildman–Crippen LogP) is 2.39. The average molecular weight is 370 g/mol. The van der Waals surface area contributed by atoms with E-state index in [1.54, 1.807) is 24.3 Å². The number of rotatable bonds is 3. The minimum atomic E-state index is -1.35. The number of likely N-dealkylation sites (N-methyl/N-ethyl adjacent to an activating group) is 1. The third kappa shape index (κ3) is 2.18. The summed E-state index contributed by atoms with van der Waals surface area (Å²) in [5.74, 6) is -0.796. The molecule has 134 valence electrons. The molecule has 1 N–H and O–H groups in total. The highest BCUT2D eigenvalue weighted by Gasteiger charge is 2.60. The summed E-state index contributed by atoms with van der Waals surface area (Å²) in [6, 6.07) is 6.94. The van der Waals surface area contributed by atoms with E-state index in [4.69, 9.17) is 0 Å². The second-order valence-corrected chi connectivity index (χ2v) is 7.22. The molecule has 2 aliphatic rings. The smallest absolute Gasteiger partial charge is 0.273 e. The predicted molar refractivity (Wildman–Crippen MR) is 98.1 cm³/mol. The molecule has 4 rings (SSSR count). The van der Waals surface area contributed by atoms with Crippen molar-refractivity contribution in [1.29, 1.82) is 0 Å². The average Bonchev–Trinajstić information content (AvgIpc) is 3.19. The Balaban J connectivity index is 1.85. The Labute approximate surface area is 154 Å². The summed E-state index contributed by atoms with van der Waals surface area (Å²) in [5, 5.41) is 5.11. The van der Waals surface area contributed by atoms with Crippen molar-refractivity contribution in [3.05, 3.63) is 40.9 Å². The summed E-state index contributed by atoms with van der Waals surface area (Å²) >= 11 is 1.32. The number of thiazole rings is 1. The number of anilines is 2. The minimum Gasteiger partial charge on any atom is -0.307 e. The molecule has 2 aromatic rings. The van der Waals surface area contributed by atoms with E-state index in [2.05, 4.69) is 10.3 Å². The van der Waals surface area contributed by atoms with Crippen LogP contribution in [-0.4, -0.2) is 39.8 Å². The summed E-state index contributed by atoms with van der Waals surface area (Å²) in [7, 11) is 0. The lowest BCUT2D eigenvalue weighted by Gasteiger charge is -2.48. The minimum absolute atomic E-state index is 0.158. The van der Waals surface area contributed by atoms with Crippen molar-refractivity contribution in [2.24, 2.45) is 0 Å². The van der Waals surface area contributed by atoms with Gasteiger partial charge >= 0.3 is 0 Å². The second-order valence-electron chi connectivity index (χ2n) is 6.36. The Kier molecular flexibility index (Phi) is 3.80. The maximum Gasteiger partial charge on any atom is 0.273 e. The largest absolute Gasteiger partial charge is 0.307 e. The number of hydrogen-bond acceptors (Lipinski definition) is 5. The van der Waals surface area contributed by atoms with Crippen LogP contribution in [0.25, 0.3) is 0 Å². The van der Waals surface area contributed by atoms with E-state index >= 15 is 0 Å². The van der Waals surface area contributed by atoms with Crippen LogP contribution in [0, 0.1) is 6.92 Å². The van der Waals surface area contributed by atoms with Gasteiger partial charge in [-0.3, -0.25) is 24.6 Å². The molecule has 0 radical (unpaired) electrons. The summed E-state index contributed by atoms with van der Waals surface area (Å²) < 4.78 is 0. The number of fused-ring (bicyclic) bond motifs is 3. The maximum atomic E-state index is 13.3. The lowest BCUT2D eigenvalue weighted by molar-refractivity contribution is -0.128. The van der Waals surface area contributed by atoms with Gasteiger partial charge in [0.15, 0.2) is 5.13 Å². The molecule has 0 unspecified atom stereocenters. The lowest BCUT2D eigenvalue weighted by atomic mass is 9.95. The van der Waals surface area contributed by atoms with Crippen LogP contribution in [0.4, 0.5) is 10.8 Å². The standard InChI is InChI=1S/C18H18N4O3S/c1-3-21-15(24)12-6-4-5-7-13(12)22-14(23)8-9-18(21,22)16(25)20-17-19-11(2)10-26-17/h4-7,10H,3,8-9H2,1-2H3,(H,19,20,25)/t18-/m0/s1. The highest BCUT2D eigenvalue weighted by atomic mass is 32.1. The molecule has 1 saturated heterocycles. The lowest BCUT2D eigenvalue weighted by Crippen LogP contribution is -2.69. The Morgan fingerprint density at radius 3 is 2.81 bits per heavy atom. The molecule has 1 aromatic heterocycles. The molecule has 1 fully saturated rings. The van der Waals surface area contributed by atoms with Gasteiger partial charge in [-0.05, 0) is 26.0 Å². The zero-order valence-corrected chi connectivity index (χ0v) is 15.3. The molecule has 26 heavy (non-hydrogen) atoms. The molecule has 7 nitrogen and oxygen atoms in total. The van der Waals surface area contributed by atoms with E-state index < -0.39 is 11.6 Å². The summed E-state index contributed by atoms with van der Waals surface area (Å²) in [6.45, 7) is 3.98. The zero-order valence-electron chi connectivity index (χ0n) is 14.5. The van der Waals surface area contributed by atoms with Gasteiger partial charge in [0, 0.05) is 24.8 Å². The Hall–Kier alpha value is -2.74. The fraction of sp³-hybridized carbons (Fsp3) is 0.333. The van der Waals surface area contributed by atoms with Crippen LogP contribution in [0.5, 0.6) is 0 Å². The van der Waals surface area contributed by atoms with Crippen molar-refractivity contribution in [3.63, 3.8) is 0 Å². The Bertz CT molecular complexity index is 925. The molecular weight excluding hydrogens is 352 g/mol. The molecular formula is C18H18N4O3S. The number of hydrogen-bond donors (Lipinski definition) is 1. The summed E-state index contributed by atoms with van der Waals surface area (Å²) in [6.07, 6.45) is 0.471. The van der Waals surface area contributed by atoms with Gasteiger partial charge in [-0.25, -0.2) is 4.98 Å². The van der Waals surface area contributed by atoms with Crippen LogP contribution >= 0.6 is 11.3 Å². The Morgan fingerprint density at radius 1 is 1.35 bits per heavy atom. The number of aryl methyl sites for hydroxylation is 1. The van der Waals surface area contributed by atoms with Gasteiger partial charge in [-0.1, -0.05) is 12.1 Å². The quantitative estimate of drug-likeness (QED) is 0.899. The third-order valence-electron chi connectivity index (χ3n) is 4.89. The number of para-hydroxylation sites is 1. The molecule has 1 aromatic carbocycles. The van der Waals surface area contributed by atoms with E-state index in [1.165, 1.54) is 21.1 Å². The summed E-state index contributed by atoms with van der Waals surface area (Å²) in [5.41, 5.74) is 0.393. The fourth-order valence-electron chi connectivity index (χ4n) is 3.81. The molecule has 3 amide bonds. The topological polar surface area (TPSA) is 82.6 Å². The number of nitrogens with one attached hydrogen (secondary N) is 1. The third-order valence-corrected chi connectivity index (χ3v) is 5.77. The summed E-state index contributed by atoms with van der Waals surface area (Å²) in [4.78, 5) is 46.3. The van der Waals surface area contributed by atoms with E-state index in [-0.39, 0.29) is 24.7 Å². The first-order chi connectivity index (χ1) is 12.5. The van der Waals surface area contributed by atoms with E-state index in [1.807, 2.05) is 19.2 Å². The SMILES string of the molecule is CCN1C(=O)c2ccccc2N2C(=O)CC[C@]12C(=O)Nc1nc(C)cs1. The normalized spacial score (nSPS) is 21.6. The van der Waals surface area contributed by atoms with Crippen molar-refractivity contribution < 1.29 is 14.4 Å². The van der Waals surface area contributed by atoms with Crippen molar-refractivity contribution in [2.45, 2.75) is 32.4 Å². The number of nitrogens with zero attached hydrogens (tertiary/aromatic N) is 3. The highest BCUT2D eigenvalue weighted by Crippen LogP contribution is 2.44. The first kappa shape index (κ1) is 16.7.